The molecular weight excluding hydrogens is 654 g/mol. The number of halogens is 1. The van der Waals surface area contributed by atoms with Gasteiger partial charge in [-0.1, -0.05) is 45.5 Å². The molecule has 3 amide bonds. The Hall–Kier alpha value is -2.93. The highest BCUT2D eigenvalue weighted by atomic mass is 79.9. The summed E-state index contributed by atoms with van der Waals surface area (Å²) in [6.07, 6.45) is 0.803. The number of morpholine rings is 1. The summed E-state index contributed by atoms with van der Waals surface area (Å²) in [4.78, 5) is 60.5. The summed E-state index contributed by atoms with van der Waals surface area (Å²) in [5.41, 5.74) is 1.51. The Morgan fingerprint density at radius 3 is 2.49 bits per heavy atom. The van der Waals surface area contributed by atoms with E-state index in [0.717, 1.165) is 26.4 Å². The van der Waals surface area contributed by atoms with Crippen molar-refractivity contribution in [2.24, 2.45) is 29.6 Å². The second-order valence-corrected chi connectivity index (χ2v) is 14.9. The molecule has 222 valence electrons. The van der Waals surface area contributed by atoms with Gasteiger partial charge in [0.25, 0.3) is 5.91 Å². The molecule has 0 unspecified atom stereocenters. The summed E-state index contributed by atoms with van der Waals surface area (Å²) in [7, 11) is 0. The van der Waals surface area contributed by atoms with Crippen molar-refractivity contribution in [3.8, 4) is 5.75 Å². The third-order valence-electron chi connectivity index (χ3n) is 9.78. The van der Waals surface area contributed by atoms with Crippen LogP contribution in [-0.2, 0) is 19.1 Å². The molecule has 2 aliphatic carbocycles. The van der Waals surface area contributed by atoms with E-state index in [0.29, 0.717) is 37.7 Å². The summed E-state index contributed by atoms with van der Waals surface area (Å²) >= 11 is 6.31. The molecule has 0 spiro atoms. The van der Waals surface area contributed by atoms with E-state index >= 15 is 0 Å². The third kappa shape index (κ3) is 4.35. The van der Waals surface area contributed by atoms with Gasteiger partial charge in [-0.15, -0.1) is 11.8 Å². The van der Waals surface area contributed by atoms with E-state index in [-0.39, 0.29) is 64.0 Å². The number of nitrogens with one attached hydrogen (secondary N) is 1. The number of rotatable bonds is 5. The second kappa shape index (κ2) is 10.6. The lowest BCUT2D eigenvalue weighted by molar-refractivity contribution is -0.137. The predicted molar refractivity (Wildman–Crippen MR) is 164 cm³/mol. The molecule has 43 heavy (non-hydrogen) atoms. The smallest absolute Gasteiger partial charge is 0.305 e. The molecule has 12 heteroatoms. The first-order valence-corrected chi connectivity index (χ1v) is 17.0. The van der Waals surface area contributed by atoms with Gasteiger partial charge in [-0.3, -0.25) is 24.1 Å². The highest BCUT2D eigenvalue weighted by Gasteiger charge is 2.69. The van der Waals surface area contributed by atoms with Crippen LogP contribution in [0.5, 0.6) is 5.75 Å². The van der Waals surface area contributed by atoms with E-state index in [1.165, 1.54) is 16.2 Å². The molecule has 2 aromatic carbocycles. The minimum absolute atomic E-state index is 0.0113. The number of hydrogen-bond acceptors (Lipinski definition) is 8. The van der Waals surface area contributed by atoms with Crippen molar-refractivity contribution in [3.05, 3.63) is 73.1 Å². The fourth-order valence-electron chi connectivity index (χ4n) is 8.12. The zero-order valence-electron chi connectivity index (χ0n) is 22.9. The number of hydrogen-bond donors (Lipinski definition) is 1. The fraction of sp³-hybridized carbons (Fsp3) is 0.419. The van der Waals surface area contributed by atoms with Crippen molar-refractivity contribution in [3.63, 3.8) is 0 Å². The van der Waals surface area contributed by atoms with Crippen molar-refractivity contribution < 1.29 is 23.9 Å². The minimum Gasteiger partial charge on any atom is -0.483 e. The number of benzene rings is 2. The third-order valence-corrected chi connectivity index (χ3v) is 12.9. The van der Waals surface area contributed by atoms with Crippen molar-refractivity contribution in [2.45, 2.75) is 22.6 Å². The monoisotopic (exact) mass is 681 g/mol. The Morgan fingerprint density at radius 1 is 1.00 bits per heavy atom. The number of imide groups is 1. The fourth-order valence-corrected chi connectivity index (χ4v) is 11.3. The van der Waals surface area contributed by atoms with E-state index in [9.17, 15) is 19.2 Å². The van der Waals surface area contributed by atoms with Crippen LogP contribution in [-0.4, -0.2) is 65.8 Å². The average Bonchev–Trinajstić information content (AvgIpc) is 3.76. The van der Waals surface area contributed by atoms with Crippen LogP contribution in [0.4, 0.5) is 5.69 Å². The minimum atomic E-state index is -0.390. The number of carbonyl (C=O) groups is 3. The maximum absolute atomic E-state index is 14.0. The first kappa shape index (κ1) is 27.6. The van der Waals surface area contributed by atoms with Gasteiger partial charge in [0.2, 0.25) is 11.8 Å². The van der Waals surface area contributed by atoms with Crippen molar-refractivity contribution in [1.29, 1.82) is 0 Å². The largest absolute Gasteiger partial charge is 0.483 e. The number of thioether (sulfide) groups is 1. The Bertz CT molecular complexity index is 1680. The van der Waals surface area contributed by atoms with Crippen molar-refractivity contribution in [1.82, 2.24) is 9.88 Å². The van der Waals surface area contributed by atoms with Gasteiger partial charge < -0.3 is 19.4 Å². The molecule has 2 bridgehead atoms. The number of fused-ring (bicyclic) bond motifs is 9. The molecule has 7 atom stereocenters. The standard InChI is InChI=1S/C31H28BrN3O6S2/c32-15-5-7-16(8-6-15)35-29(37)24-18-13-19(25(24)30(35)38)26-23(18)22(27-28(42-26)33-31(39)43-27)17-3-1-2-4-20(17)41-14-21(36)34-9-11-40-12-10-34/h1-8,18-19,22-26H,9-14H2,(H,33,39)/t18-,19-,22+,23-,24+,25+,26-/m1/s1. The number of anilines is 1. The van der Waals surface area contributed by atoms with Gasteiger partial charge in [0.1, 0.15) is 5.75 Å². The van der Waals surface area contributed by atoms with Crippen LogP contribution in [0.2, 0.25) is 0 Å². The van der Waals surface area contributed by atoms with E-state index in [1.54, 1.807) is 16.7 Å². The lowest BCUT2D eigenvalue weighted by atomic mass is 9.68. The molecule has 3 aliphatic heterocycles. The summed E-state index contributed by atoms with van der Waals surface area (Å²) in [5, 5.41) is 0.907. The number of aromatic nitrogens is 1. The topological polar surface area (TPSA) is 109 Å². The van der Waals surface area contributed by atoms with Gasteiger partial charge in [-0.25, -0.2) is 0 Å². The Kier molecular flexibility index (Phi) is 6.81. The molecule has 2 saturated heterocycles. The van der Waals surface area contributed by atoms with Crippen LogP contribution in [0.1, 0.15) is 22.8 Å². The molecule has 8 rings (SSSR count). The molecule has 4 fully saturated rings. The van der Waals surface area contributed by atoms with Gasteiger partial charge in [-0.2, -0.15) is 0 Å². The normalized spacial score (nSPS) is 30.8. The molecule has 4 heterocycles. The first-order valence-electron chi connectivity index (χ1n) is 14.5. The Balaban J connectivity index is 1.15. The van der Waals surface area contributed by atoms with Crippen molar-refractivity contribution >= 4 is 62.4 Å². The first-order chi connectivity index (χ1) is 20.9. The van der Waals surface area contributed by atoms with E-state index < -0.39 is 5.92 Å². The number of thiazole rings is 1. The van der Waals surface area contributed by atoms with Crippen LogP contribution >= 0.6 is 39.0 Å². The van der Waals surface area contributed by atoms with Crippen molar-refractivity contribution in [2.75, 3.05) is 37.8 Å². The maximum atomic E-state index is 14.0. The molecule has 9 nitrogen and oxygen atoms in total. The molecule has 0 radical (unpaired) electrons. The van der Waals surface area contributed by atoms with E-state index in [2.05, 4.69) is 20.9 Å². The summed E-state index contributed by atoms with van der Waals surface area (Å²) in [6, 6.07) is 15.0. The quantitative estimate of drug-likeness (QED) is 0.404. The average molecular weight is 683 g/mol. The van der Waals surface area contributed by atoms with Crippen LogP contribution in [0, 0.1) is 29.6 Å². The number of carbonyl (C=O) groups excluding carboxylic acids is 3. The lowest BCUT2D eigenvalue weighted by Crippen LogP contribution is -2.43. The maximum Gasteiger partial charge on any atom is 0.305 e. The van der Waals surface area contributed by atoms with Crippen LogP contribution in [0.25, 0.3) is 0 Å². The molecular formula is C31H28BrN3O6S2. The molecule has 3 aromatic rings. The Morgan fingerprint density at radius 2 is 1.72 bits per heavy atom. The van der Waals surface area contributed by atoms with Gasteiger partial charge in [0.15, 0.2) is 6.61 Å². The highest BCUT2D eigenvalue weighted by molar-refractivity contribution is 9.10. The lowest BCUT2D eigenvalue weighted by Gasteiger charge is -2.43. The number of H-pyrrole nitrogens is 1. The van der Waals surface area contributed by atoms with Gasteiger partial charge in [-0.05, 0) is 54.5 Å². The zero-order valence-corrected chi connectivity index (χ0v) is 26.2. The van der Waals surface area contributed by atoms with Crippen LogP contribution < -0.4 is 14.5 Å². The summed E-state index contributed by atoms with van der Waals surface area (Å²) in [5.74, 6) is -0.615. The predicted octanol–water partition coefficient (Wildman–Crippen LogP) is 4.11. The number of para-hydroxylation sites is 1. The van der Waals surface area contributed by atoms with Crippen LogP contribution in [0.15, 0.2) is 62.8 Å². The molecule has 1 N–H and O–H groups in total. The highest BCUT2D eigenvalue weighted by Crippen LogP contribution is 2.69. The Labute approximate surface area is 264 Å². The number of ether oxygens (including phenoxy) is 2. The zero-order chi connectivity index (χ0) is 29.4. The molecule has 2 saturated carbocycles. The van der Waals surface area contributed by atoms with Gasteiger partial charge in [0.05, 0.1) is 35.8 Å². The number of aromatic amines is 1. The number of nitrogens with zero attached hydrogens (tertiary/aromatic N) is 2. The van der Waals surface area contributed by atoms with Gasteiger partial charge in [0, 0.05) is 39.2 Å². The summed E-state index contributed by atoms with van der Waals surface area (Å²) in [6.45, 7) is 2.04. The van der Waals surface area contributed by atoms with Crippen LogP contribution in [0.3, 0.4) is 0 Å². The number of amides is 3. The van der Waals surface area contributed by atoms with E-state index in [4.69, 9.17) is 9.47 Å². The summed E-state index contributed by atoms with van der Waals surface area (Å²) < 4.78 is 12.5. The second-order valence-electron chi connectivity index (χ2n) is 11.8. The molecule has 1 aromatic heterocycles. The SMILES string of the molecule is O=C(COc1ccccc1[C@@H]1c2sc(=O)[nH]c2S[C@@H]2[C@@H]3C[C@@H]([C@@H]4C(=O)N(c5ccc(Br)cc5)C(=O)[C@@H]34)[C@H]12)N1CCOCC1. The molecule has 5 aliphatic rings. The van der Waals surface area contributed by atoms with Gasteiger partial charge >= 0.3 is 4.87 Å². The van der Waals surface area contributed by atoms with E-state index in [1.807, 2.05) is 48.5 Å².